The molecule has 0 aromatic heterocycles. The average molecular weight is 507 g/mol. The zero-order valence-corrected chi connectivity index (χ0v) is 19.3. The lowest BCUT2D eigenvalue weighted by Crippen LogP contribution is -2.31. The molecule has 1 amide bonds. The van der Waals surface area contributed by atoms with Crippen LogP contribution in [0.1, 0.15) is 46.8 Å². The van der Waals surface area contributed by atoms with Crippen LogP contribution in [-0.2, 0) is 0 Å². The van der Waals surface area contributed by atoms with Crippen LogP contribution < -0.4 is 0 Å². The summed E-state index contributed by atoms with van der Waals surface area (Å²) in [7, 11) is 0. The first-order valence-corrected chi connectivity index (χ1v) is 11.7. The number of hydrazone groups is 1. The molecule has 0 bridgehead atoms. The van der Waals surface area contributed by atoms with E-state index in [4.69, 9.17) is 5.10 Å². The molecule has 0 radical (unpaired) electrons. The van der Waals surface area contributed by atoms with Crippen molar-refractivity contribution in [3.05, 3.63) is 111 Å². The maximum Gasteiger partial charge on any atom is 0.274 e. The molecule has 3 nitrogen and oxygen atoms in total. The fraction of sp³-hybridized carbons (Fsp3) is 0.185. The van der Waals surface area contributed by atoms with E-state index < -0.39 is 0 Å². The lowest BCUT2D eigenvalue weighted by molar-refractivity contribution is 0.0680. The summed E-state index contributed by atoms with van der Waals surface area (Å²) < 4.78 is 27.8. The maximum atomic E-state index is 13.7. The average Bonchev–Trinajstić information content (AvgIpc) is 3.21. The Morgan fingerprint density at radius 1 is 1.00 bits per heavy atom. The van der Waals surface area contributed by atoms with Gasteiger partial charge in [-0.1, -0.05) is 46.3 Å². The Labute approximate surface area is 199 Å². The van der Waals surface area contributed by atoms with E-state index in [-0.39, 0.29) is 29.5 Å². The van der Waals surface area contributed by atoms with E-state index in [0.29, 0.717) is 5.56 Å². The fourth-order valence-electron chi connectivity index (χ4n) is 4.68. The number of nitrogens with zero attached hydrogens (tertiary/aromatic N) is 2. The number of fused-ring (bicyclic) bond motifs is 1. The van der Waals surface area contributed by atoms with Gasteiger partial charge in [-0.05, 0) is 84.5 Å². The van der Waals surface area contributed by atoms with Gasteiger partial charge in [-0.3, -0.25) is 4.79 Å². The van der Waals surface area contributed by atoms with Crippen LogP contribution in [0.25, 0.3) is 6.08 Å². The Balaban J connectivity index is 1.58. The van der Waals surface area contributed by atoms with Gasteiger partial charge in [0.25, 0.3) is 5.91 Å². The standard InChI is InChI=1S/C27H21BrF2N2O/c28-21-5-1-4-20(16-21)27(33)32-26(18-9-13-23(30)14-10-18)24-6-2-3-19(25(24)31-32)15-17-7-11-22(29)12-8-17/h1,4-5,7-16,24,26H,2-3,6H2/b19-15+/t24-,26+/m0/s1. The summed E-state index contributed by atoms with van der Waals surface area (Å²) >= 11 is 3.44. The van der Waals surface area contributed by atoms with Gasteiger partial charge in [0.2, 0.25) is 0 Å². The van der Waals surface area contributed by atoms with Gasteiger partial charge in [-0.25, -0.2) is 13.8 Å². The molecule has 166 valence electrons. The lowest BCUT2D eigenvalue weighted by atomic mass is 9.77. The normalized spacial score (nSPS) is 21.1. The summed E-state index contributed by atoms with van der Waals surface area (Å²) in [6, 6.07) is 19.6. The molecular weight excluding hydrogens is 486 g/mol. The first-order valence-electron chi connectivity index (χ1n) is 10.9. The van der Waals surface area contributed by atoms with Crippen molar-refractivity contribution in [3.63, 3.8) is 0 Å². The van der Waals surface area contributed by atoms with Crippen LogP contribution in [0.2, 0.25) is 0 Å². The van der Waals surface area contributed by atoms with Gasteiger partial charge in [0.15, 0.2) is 0 Å². The van der Waals surface area contributed by atoms with Gasteiger partial charge < -0.3 is 0 Å². The summed E-state index contributed by atoms with van der Waals surface area (Å²) in [5, 5.41) is 6.39. The summed E-state index contributed by atoms with van der Waals surface area (Å²) in [6.45, 7) is 0. The number of hydrogen-bond acceptors (Lipinski definition) is 2. The molecule has 0 N–H and O–H groups in total. The van der Waals surface area contributed by atoms with E-state index in [1.54, 1.807) is 41.4 Å². The lowest BCUT2D eigenvalue weighted by Gasteiger charge is -2.29. The van der Waals surface area contributed by atoms with Crippen LogP contribution in [-0.4, -0.2) is 16.6 Å². The molecule has 1 aliphatic heterocycles. The van der Waals surface area contributed by atoms with Crippen molar-refractivity contribution in [1.82, 2.24) is 5.01 Å². The van der Waals surface area contributed by atoms with Crippen molar-refractivity contribution < 1.29 is 13.6 Å². The largest absolute Gasteiger partial charge is 0.274 e. The third-order valence-corrected chi connectivity index (χ3v) is 6.70. The van der Waals surface area contributed by atoms with Crippen LogP contribution in [0, 0.1) is 17.6 Å². The van der Waals surface area contributed by atoms with Gasteiger partial charge in [0.1, 0.15) is 11.6 Å². The van der Waals surface area contributed by atoms with Gasteiger partial charge in [-0.2, -0.15) is 5.10 Å². The number of carbonyl (C=O) groups excluding carboxylic acids is 1. The molecule has 3 aromatic carbocycles. The summed E-state index contributed by atoms with van der Waals surface area (Å²) in [5.74, 6) is -0.789. The SMILES string of the molecule is O=C(c1cccc(Br)c1)N1N=C2/C(=C/c3ccc(F)cc3)CCC[C@@H]2[C@H]1c1ccc(F)cc1. The molecule has 0 spiro atoms. The highest BCUT2D eigenvalue weighted by molar-refractivity contribution is 9.10. The Kier molecular flexibility index (Phi) is 5.94. The van der Waals surface area contributed by atoms with Crippen molar-refractivity contribution in [3.8, 4) is 0 Å². The van der Waals surface area contributed by atoms with E-state index in [9.17, 15) is 13.6 Å². The van der Waals surface area contributed by atoms with Gasteiger partial charge in [0.05, 0.1) is 11.8 Å². The predicted octanol–water partition coefficient (Wildman–Crippen LogP) is 7.16. The smallest absolute Gasteiger partial charge is 0.267 e. The quantitative estimate of drug-likeness (QED) is 0.370. The zero-order valence-electron chi connectivity index (χ0n) is 17.7. The van der Waals surface area contributed by atoms with Crippen LogP contribution in [0.3, 0.4) is 0 Å². The van der Waals surface area contributed by atoms with Crippen molar-refractivity contribution in [2.75, 3.05) is 0 Å². The molecule has 5 rings (SSSR count). The van der Waals surface area contributed by atoms with Gasteiger partial charge in [-0.15, -0.1) is 0 Å². The Bertz CT molecular complexity index is 1250. The molecule has 3 aromatic rings. The first kappa shape index (κ1) is 21.7. The number of allylic oxidation sites excluding steroid dienone is 1. The Morgan fingerprint density at radius 3 is 2.39 bits per heavy atom. The third kappa shape index (κ3) is 4.40. The number of carbonyl (C=O) groups is 1. The Hall–Kier alpha value is -3.12. The summed E-state index contributed by atoms with van der Waals surface area (Å²) in [6.07, 6.45) is 4.69. The van der Waals surface area contributed by atoms with Gasteiger partial charge >= 0.3 is 0 Å². The van der Waals surface area contributed by atoms with Crippen LogP contribution >= 0.6 is 15.9 Å². The number of hydrogen-bond donors (Lipinski definition) is 0. The van der Waals surface area contributed by atoms with Crippen molar-refractivity contribution >= 4 is 33.6 Å². The highest BCUT2D eigenvalue weighted by Gasteiger charge is 2.43. The van der Waals surface area contributed by atoms with E-state index in [0.717, 1.165) is 46.1 Å². The molecule has 6 heteroatoms. The third-order valence-electron chi connectivity index (χ3n) is 6.20. The highest BCUT2D eigenvalue weighted by atomic mass is 79.9. The van der Waals surface area contributed by atoms with E-state index in [1.807, 2.05) is 18.2 Å². The zero-order chi connectivity index (χ0) is 22.9. The second-order valence-corrected chi connectivity index (χ2v) is 9.28. The number of rotatable bonds is 3. The molecule has 2 atom stereocenters. The van der Waals surface area contributed by atoms with Crippen molar-refractivity contribution in [1.29, 1.82) is 0 Å². The van der Waals surface area contributed by atoms with E-state index >= 15 is 0 Å². The van der Waals surface area contributed by atoms with E-state index in [2.05, 4.69) is 15.9 Å². The molecule has 0 saturated heterocycles. The molecule has 1 aliphatic carbocycles. The fourth-order valence-corrected chi connectivity index (χ4v) is 5.07. The van der Waals surface area contributed by atoms with Crippen LogP contribution in [0.15, 0.2) is 87.9 Å². The molecule has 33 heavy (non-hydrogen) atoms. The minimum Gasteiger partial charge on any atom is -0.267 e. The second-order valence-electron chi connectivity index (χ2n) is 8.36. The maximum absolute atomic E-state index is 13.7. The monoisotopic (exact) mass is 506 g/mol. The molecule has 0 unspecified atom stereocenters. The van der Waals surface area contributed by atoms with Gasteiger partial charge in [0, 0.05) is 16.0 Å². The molecular formula is C27H21BrF2N2O. The number of amides is 1. The number of halogens is 3. The van der Waals surface area contributed by atoms with Crippen LogP contribution in [0.4, 0.5) is 8.78 Å². The molecule has 2 aliphatic rings. The minimum absolute atomic E-state index is 0.00649. The van der Waals surface area contributed by atoms with E-state index in [1.165, 1.54) is 24.3 Å². The molecule has 1 heterocycles. The highest BCUT2D eigenvalue weighted by Crippen LogP contribution is 2.45. The Morgan fingerprint density at radius 2 is 1.70 bits per heavy atom. The minimum atomic E-state index is -0.316. The molecule has 1 saturated carbocycles. The predicted molar refractivity (Wildman–Crippen MR) is 129 cm³/mol. The second kappa shape index (κ2) is 9.02. The topological polar surface area (TPSA) is 32.7 Å². The van der Waals surface area contributed by atoms with Crippen molar-refractivity contribution in [2.45, 2.75) is 25.3 Å². The van der Waals surface area contributed by atoms with Crippen molar-refractivity contribution in [2.24, 2.45) is 11.0 Å². The molecule has 1 fully saturated rings. The first-order chi connectivity index (χ1) is 16.0. The number of benzene rings is 3. The summed E-state index contributed by atoms with van der Waals surface area (Å²) in [5.41, 5.74) is 4.21. The summed E-state index contributed by atoms with van der Waals surface area (Å²) in [4.78, 5) is 13.6. The van der Waals surface area contributed by atoms with Crippen LogP contribution in [0.5, 0.6) is 0 Å².